The van der Waals surface area contributed by atoms with Gasteiger partial charge < -0.3 is 9.84 Å². The van der Waals surface area contributed by atoms with Crippen molar-refractivity contribution in [2.45, 2.75) is 38.6 Å². The number of carbonyl (C=O) groups excluding carboxylic acids is 1. The Morgan fingerprint density at radius 1 is 1.15 bits per heavy atom. The summed E-state index contributed by atoms with van der Waals surface area (Å²) in [5, 5.41) is 16.1. The van der Waals surface area contributed by atoms with E-state index in [1.54, 1.807) is 0 Å². The van der Waals surface area contributed by atoms with Crippen molar-refractivity contribution in [1.82, 2.24) is 9.99 Å². The van der Waals surface area contributed by atoms with Crippen LogP contribution in [-0.4, -0.2) is 39.3 Å². The predicted molar refractivity (Wildman–Crippen MR) is 127 cm³/mol. The number of amides is 1. The molecule has 8 heteroatoms. The molecule has 0 saturated heterocycles. The minimum atomic E-state index is -0.930. The maximum Gasteiger partial charge on any atom is 0.303 e. The van der Waals surface area contributed by atoms with Crippen LogP contribution in [0.4, 0.5) is 0 Å². The summed E-state index contributed by atoms with van der Waals surface area (Å²) < 4.78 is 5.61. The van der Waals surface area contributed by atoms with Crippen LogP contribution < -0.4 is 4.74 Å². The van der Waals surface area contributed by atoms with Crippen LogP contribution in [0.2, 0.25) is 5.15 Å². The van der Waals surface area contributed by atoms with Gasteiger partial charge in [-0.05, 0) is 43.2 Å². The van der Waals surface area contributed by atoms with Crippen molar-refractivity contribution in [2.75, 3.05) is 6.61 Å². The van der Waals surface area contributed by atoms with E-state index in [-0.39, 0.29) is 25.2 Å². The van der Waals surface area contributed by atoms with E-state index >= 15 is 0 Å². The molecule has 2 heterocycles. The number of benzene rings is 2. The molecule has 0 aliphatic carbocycles. The van der Waals surface area contributed by atoms with Gasteiger partial charge in [0.1, 0.15) is 10.9 Å². The Hall–Kier alpha value is -3.45. The molecular weight excluding hydrogens is 442 g/mol. The van der Waals surface area contributed by atoms with Gasteiger partial charge in [0, 0.05) is 30.2 Å². The molecule has 1 N–H and O–H groups in total. The van der Waals surface area contributed by atoms with Crippen LogP contribution in [0, 0.1) is 0 Å². The summed E-state index contributed by atoms with van der Waals surface area (Å²) in [4.78, 5) is 28.5. The molecule has 33 heavy (non-hydrogen) atoms. The molecule has 7 nitrogen and oxygen atoms in total. The Balaban J connectivity index is 1.70. The average Bonchev–Trinajstić information content (AvgIpc) is 3.25. The number of aromatic nitrogens is 1. The fraction of sp³-hybridized carbons (Fsp3) is 0.280. The third kappa shape index (κ3) is 5.14. The Morgan fingerprint density at radius 3 is 2.67 bits per heavy atom. The highest BCUT2D eigenvalue weighted by atomic mass is 35.5. The van der Waals surface area contributed by atoms with Crippen LogP contribution in [0.25, 0.3) is 10.9 Å². The largest absolute Gasteiger partial charge is 0.494 e. The normalized spacial score (nSPS) is 15.5. The second kappa shape index (κ2) is 10.0. The van der Waals surface area contributed by atoms with E-state index < -0.39 is 12.0 Å². The molecule has 2 aromatic carbocycles. The van der Waals surface area contributed by atoms with Crippen molar-refractivity contribution in [3.63, 3.8) is 0 Å². The van der Waals surface area contributed by atoms with Crippen LogP contribution in [0.1, 0.15) is 49.8 Å². The summed E-state index contributed by atoms with van der Waals surface area (Å²) in [5.41, 5.74) is 3.12. The monoisotopic (exact) mass is 465 g/mol. The molecule has 0 spiro atoms. The smallest absolute Gasteiger partial charge is 0.303 e. The Labute approximate surface area is 196 Å². The quantitative estimate of drug-likeness (QED) is 0.460. The predicted octanol–water partition coefficient (Wildman–Crippen LogP) is 5.22. The zero-order valence-electron chi connectivity index (χ0n) is 18.2. The van der Waals surface area contributed by atoms with E-state index in [9.17, 15) is 9.59 Å². The standard InChI is InChI=1S/C25H24ClN3O4/c1-2-33-18-11-12-20-17(13-18)14-19(25(26)27-20)22-15-21(16-7-4-3-5-8-16)28-29(22)23(30)9-6-10-24(31)32/h3-5,7-8,11-14,22H,2,6,9-10,15H2,1H3,(H,31,32). The molecule has 0 saturated carbocycles. The minimum absolute atomic E-state index is 0.0714. The van der Waals surface area contributed by atoms with E-state index in [0.29, 0.717) is 23.7 Å². The molecule has 1 aromatic heterocycles. The fourth-order valence-electron chi connectivity index (χ4n) is 3.93. The summed E-state index contributed by atoms with van der Waals surface area (Å²) >= 11 is 6.58. The maximum atomic E-state index is 13.0. The van der Waals surface area contributed by atoms with Crippen LogP contribution in [0.5, 0.6) is 5.75 Å². The van der Waals surface area contributed by atoms with Gasteiger partial charge >= 0.3 is 5.97 Å². The van der Waals surface area contributed by atoms with Gasteiger partial charge in [0.15, 0.2) is 0 Å². The van der Waals surface area contributed by atoms with Crippen LogP contribution in [0.3, 0.4) is 0 Å². The van der Waals surface area contributed by atoms with Gasteiger partial charge in [0.05, 0.1) is 23.9 Å². The lowest BCUT2D eigenvalue weighted by atomic mass is 9.98. The molecular formula is C25H24ClN3O4. The first kappa shape index (κ1) is 22.7. The van der Waals surface area contributed by atoms with Crippen molar-refractivity contribution < 1.29 is 19.4 Å². The van der Waals surface area contributed by atoms with Crippen LogP contribution in [-0.2, 0) is 9.59 Å². The summed E-state index contributed by atoms with van der Waals surface area (Å²) in [7, 11) is 0. The molecule has 4 rings (SSSR count). The first-order valence-electron chi connectivity index (χ1n) is 10.9. The molecule has 0 bridgehead atoms. The van der Waals surface area contributed by atoms with Gasteiger partial charge in [0.2, 0.25) is 5.91 Å². The van der Waals surface area contributed by atoms with E-state index in [2.05, 4.69) is 10.1 Å². The molecule has 1 atom stereocenters. The average molecular weight is 466 g/mol. The van der Waals surface area contributed by atoms with Crippen molar-refractivity contribution in [2.24, 2.45) is 5.10 Å². The topological polar surface area (TPSA) is 92.1 Å². The number of carboxylic acids is 1. The van der Waals surface area contributed by atoms with E-state index in [0.717, 1.165) is 27.9 Å². The third-order valence-corrected chi connectivity index (χ3v) is 5.79. The van der Waals surface area contributed by atoms with Gasteiger partial charge in [-0.1, -0.05) is 41.9 Å². The number of pyridine rings is 1. The maximum absolute atomic E-state index is 13.0. The number of halogens is 1. The molecule has 0 radical (unpaired) electrons. The second-order valence-corrected chi connectivity index (χ2v) is 8.13. The van der Waals surface area contributed by atoms with Crippen molar-refractivity contribution in [3.8, 4) is 5.75 Å². The number of fused-ring (bicyclic) bond motifs is 1. The van der Waals surface area contributed by atoms with Crippen molar-refractivity contribution >= 4 is 40.1 Å². The third-order valence-electron chi connectivity index (χ3n) is 5.49. The Kier molecular flexibility index (Phi) is 6.89. The highest BCUT2D eigenvalue weighted by Gasteiger charge is 2.34. The number of hydrogen-bond acceptors (Lipinski definition) is 5. The lowest BCUT2D eigenvalue weighted by Crippen LogP contribution is -2.27. The van der Waals surface area contributed by atoms with E-state index in [4.69, 9.17) is 21.4 Å². The first-order valence-corrected chi connectivity index (χ1v) is 11.2. The number of ether oxygens (including phenoxy) is 1. The SMILES string of the molecule is CCOc1ccc2nc(Cl)c(C3CC(c4ccccc4)=NN3C(=O)CCCC(=O)O)cc2c1. The van der Waals surface area contributed by atoms with E-state index in [1.807, 2.05) is 61.5 Å². The molecule has 3 aromatic rings. The van der Waals surface area contributed by atoms with E-state index in [1.165, 1.54) is 5.01 Å². The zero-order chi connectivity index (χ0) is 23.4. The molecule has 1 aliphatic heterocycles. The van der Waals surface area contributed by atoms with Gasteiger partial charge in [-0.3, -0.25) is 9.59 Å². The number of carboxylic acid groups (broad SMARTS) is 1. The highest BCUT2D eigenvalue weighted by molar-refractivity contribution is 6.30. The van der Waals surface area contributed by atoms with Crippen molar-refractivity contribution in [1.29, 1.82) is 0 Å². The lowest BCUT2D eigenvalue weighted by Gasteiger charge is -2.23. The van der Waals surface area contributed by atoms with Gasteiger partial charge in [-0.2, -0.15) is 5.10 Å². The summed E-state index contributed by atoms with van der Waals surface area (Å²) in [5.74, 6) is -0.443. The molecule has 170 valence electrons. The number of hydrazone groups is 1. The molecule has 1 unspecified atom stereocenters. The Bertz CT molecular complexity index is 1210. The number of hydrogen-bond donors (Lipinski definition) is 1. The minimum Gasteiger partial charge on any atom is -0.494 e. The number of nitrogens with zero attached hydrogens (tertiary/aromatic N) is 3. The Morgan fingerprint density at radius 2 is 1.94 bits per heavy atom. The summed E-state index contributed by atoms with van der Waals surface area (Å²) in [6, 6.07) is 16.8. The summed E-state index contributed by atoms with van der Waals surface area (Å²) in [6.45, 7) is 2.47. The number of rotatable bonds is 8. The lowest BCUT2D eigenvalue weighted by molar-refractivity contribution is -0.137. The highest BCUT2D eigenvalue weighted by Crippen LogP contribution is 2.38. The zero-order valence-corrected chi connectivity index (χ0v) is 19.0. The van der Waals surface area contributed by atoms with Gasteiger partial charge in [-0.15, -0.1) is 0 Å². The molecule has 1 amide bonds. The first-order chi connectivity index (χ1) is 16.0. The fourth-order valence-corrected chi connectivity index (χ4v) is 4.20. The molecule has 0 fully saturated rings. The van der Waals surface area contributed by atoms with Crippen LogP contribution >= 0.6 is 11.6 Å². The summed E-state index contributed by atoms with van der Waals surface area (Å²) in [6.07, 6.45) is 0.737. The van der Waals surface area contributed by atoms with Crippen LogP contribution in [0.15, 0.2) is 59.7 Å². The van der Waals surface area contributed by atoms with Gasteiger partial charge in [0.25, 0.3) is 0 Å². The number of carbonyl (C=O) groups is 2. The second-order valence-electron chi connectivity index (χ2n) is 7.77. The van der Waals surface area contributed by atoms with Gasteiger partial charge in [-0.25, -0.2) is 9.99 Å². The number of aliphatic carboxylic acids is 1. The van der Waals surface area contributed by atoms with Crippen molar-refractivity contribution in [3.05, 3.63) is 70.9 Å². The molecule has 1 aliphatic rings.